The van der Waals surface area contributed by atoms with Gasteiger partial charge in [0.05, 0.1) is 25.9 Å². The maximum Gasteiger partial charge on any atom is 0.410 e. The van der Waals surface area contributed by atoms with Crippen LogP contribution in [-0.4, -0.2) is 99.0 Å². The van der Waals surface area contributed by atoms with E-state index in [1.807, 2.05) is 0 Å². The lowest BCUT2D eigenvalue weighted by atomic mass is 10.1. The van der Waals surface area contributed by atoms with Crippen molar-refractivity contribution in [2.24, 2.45) is 5.73 Å². The zero-order chi connectivity index (χ0) is 38.9. The highest BCUT2D eigenvalue weighted by Crippen LogP contribution is 2.26. The largest absolute Gasteiger partial charge is 0.476 e. The molecule has 2 aromatic heterocycles. The number of aromatic nitrogens is 2. The van der Waals surface area contributed by atoms with Crippen LogP contribution in [0, 0.1) is 0 Å². The summed E-state index contributed by atoms with van der Waals surface area (Å²) in [7, 11) is 0. The van der Waals surface area contributed by atoms with Crippen molar-refractivity contribution in [1.29, 1.82) is 0 Å². The minimum Gasteiger partial charge on any atom is -0.476 e. The van der Waals surface area contributed by atoms with Crippen molar-refractivity contribution in [3.63, 3.8) is 0 Å². The molecule has 15 nitrogen and oxygen atoms in total. The van der Waals surface area contributed by atoms with Gasteiger partial charge >= 0.3 is 30.5 Å². The first-order valence-corrected chi connectivity index (χ1v) is 15.6. The Morgan fingerprint density at radius 1 is 0.769 bits per heavy atom. The van der Waals surface area contributed by atoms with Crippen LogP contribution >= 0.6 is 0 Å². The Balaban J connectivity index is 0.000000443. The average molecular weight is 761 g/mol. The second-order valence-electron chi connectivity index (χ2n) is 13.2. The van der Waals surface area contributed by atoms with Gasteiger partial charge in [0.1, 0.15) is 22.7 Å². The molecule has 2 aliphatic rings. The molecule has 0 aromatic carbocycles. The number of halogens is 6. The quantitative estimate of drug-likeness (QED) is 0.307. The van der Waals surface area contributed by atoms with E-state index in [0.717, 1.165) is 0 Å². The average Bonchev–Trinajstić information content (AvgIpc) is 3.58. The van der Waals surface area contributed by atoms with Gasteiger partial charge in [-0.3, -0.25) is 4.79 Å². The van der Waals surface area contributed by atoms with Crippen molar-refractivity contribution >= 4 is 24.1 Å². The molecule has 0 unspecified atom stereocenters. The first-order chi connectivity index (χ1) is 23.3. The van der Waals surface area contributed by atoms with E-state index in [4.69, 9.17) is 23.6 Å². The lowest BCUT2D eigenvalue weighted by molar-refractivity contribution is -0.133. The van der Waals surface area contributed by atoms with Crippen molar-refractivity contribution in [1.82, 2.24) is 25.4 Å². The number of nitrogens with one attached hydrogen (secondary N) is 1. The number of hydrogen-bond acceptors (Lipinski definition) is 11. The Bertz CT molecular complexity index is 1510. The number of carboxylic acid groups (broad SMARTS) is 1. The number of amides is 3. The van der Waals surface area contributed by atoms with Crippen molar-refractivity contribution in [2.45, 2.75) is 111 Å². The zero-order valence-electron chi connectivity index (χ0n) is 28.9. The topological polar surface area (TPSA) is 204 Å². The van der Waals surface area contributed by atoms with Gasteiger partial charge in [-0.25, -0.2) is 14.4 Å². The summed E-state index contributed by atoms with van der Waals surface area (Å²) in [5.41, 5.74) is 3.95. The maximum absolute atomic E-state index is 12.2. The summed E-state index contributed by atoms with van der Waals surface area (Å²) in [4.78, 5) is 49.9. The molecular weight excluding hydrogens is 714 g/mol. The highest BCUT2D eigenvalue weighted by atomic mass is 19.4. The summed E-state index contributed by atoms with van der Waals surface area (Å²) in [5.74, 6) is -0.950. The number of alkyl halides is 6. The molecule has 0 fully saturated rings. The number of rotatable bonds is 5. The van der Waals surface area contributed by atoms with E-state index in [1.54, 1.807) is 41.5 Å². The fourth-order valence-electron chi connectivity index (χ4n) is 4.29. The van der Waals surface area contributed by atoms with E-state index in [0.29, 0.717) is 48.6 Å². The molecule has 2 aliphatic heterocycles. The molecule has 4 rings (SSSR count). The van der Waals surface area contributed by atoms with Crippen molar-refractivity contribution in [3.05, 3.63) is 34.0 Å². The van der Waals surface area contributed by atoms with Crippen LogP contribution in [0.4, 0.5) is 35.9 Å². The number of carbonyl (C=O) groups excluding carboxylic acids is 3. The molecular formula is C31H46F6N6O9. The van der Waals surface area contributed by atoms with Crippen LogP contribution in [0.25, 0.3) is 0 Å². The predicted molar refractivity (Wildman–Crippen MR) is 170 cm³/mol. The molecule has 0 saturated carbocycles. The second kappa shape index (κ2) is 18.3. The molecule has 296 valence electrons. The van der Waals surface area contributed by atoms with Crippen LogP contribution in [-0.2, 0) is 35.4 Å². The van der Waals surface area contributed by atoms with E-state index in [1.165, 1.54) is 9.80 Å². The van der Waals surface area contributed by atoms with Gasteiger partial charge in [-0.2, -0.15) is 26.3 Å². The summed E-state index contributed by atoms with van der Waals surface area (Å²) in [5, 5.41) is 18.3. The monoisotopic (exact) mass is 760 g/mol. The minimum absolute atomic E-state index is 0. The highest BCUT2D eigenvalue weighted by molar-refractivity contribution is 5.94. The normalized spacial score (nSPS) is 14.2. The molecule has 2 aromatic rings. The third-order valence-electron chi connectivity index (χ3n) is 6.50. The lowest BCUT2D eigenvalue weighted by Gasteiger charge is -2.29. The molecule has 0 atom stereocenters. The van der Waals surface area contributed by atoms with Crippen LogP contribution in [0.1, 0.15) is 105 Å². The van der Waals surface area contributed by atoms with Gasteiger partial charge in [0.15, 0.2) is 11.4 Å². The Morgan fingerprint density at radius 2 is 1.17 bits per heavy atom. The standard InChI is InChI=1S/C15H20F3N3O4.C12H16N2O5.C3H6F3N.CH4/c1-14(2,3)24-13(23)21-7-4-10-9(8-21)11(20-25-10)12(22)19-6-5-15(16,17)18;1-12(2,3)18-11(17)14-5-4-8-7(6-14)9(10(15)16)13-19-8;4-3(5,6)1-2-7;/h4-8H2,1-3H3,(H,19,22);4-6H2,1-3H3,(H,15,16);1-2,7H2;1H4. The first kappa shape index (κ1) is 45.5. The molecule has 21 heteroatoms. The summed E-state index contributed by atoms with van der Waals surface area (Å²) >= 11 is 0. The third kappa shape index (κ3) is 15.4. The summed E-state index contributed by atoms with van der Waals surface area (Å²) < 4.78 is 90.0. The number of ether oxygens (including phenoxy) is 2. The van der Waals surface area contributed by atoms with Gasteiger partial charge in [-0.1, -0.05) is 17.7 Å². The fourth-order valence-corrected chi connectivity index (χ4v) is 4.29. The Hall–Kier alpha value is -4.56. The molecule has 4 heterocycles. The Kier molecular flexibility index (Phi) is 16.0. The number of aromatic carboxylic acids is 1. The number of carbonyl (C=O) groups is 4. The summed E-state index contributed by atoms with van der Waals surface area (Å²) in [6.07, 6.45) is -10.7. The fraction of sp³-hybridized carbons (Fsp3) is 0.677. The third-order valence-corrected chi connectivity index (χ3v) is 6.50. The molecule has 0 aliphatic carbocycles. The molecule has 4 N–H and O–H groups in total. The molecule has 0 bridgehead atoms. The predicted octanol–water partition coefficient (Wildman–Crippen LogP) is 5.85. The van der Waals surface area contributed by atoms with E-state index in [-0.39, 0.29) is 38.4 Å². The van der Waals surface area contributed by atoms with Gasteiger partial charge in [0.2, 0.25) is 0 Å². The van der Waals surface area contributed by atoms with Crippen molar-refractivity contribution in [2.75, 3.05) is 26.2 Å². The van der Waals surface area contributed by atoms with Crippen molar-refractivity contribution in [3.8, 4) is 0 Å². The van der Waals surface area contributed by atoms with E-state index < -0.39 is 67.0 Å². The number of nitrogens with zero attached hydrogens (tertiary/aromatic N) is 4. The number of carboxylic acids is 1. The van der Waals surface area contributed by atoms with Crippen LogP contribution in [0.5, 0.6) is 0 Å². The van der Waals surface area contributed by atoms with Gasteiger partial charge < -0.3 is 44.5 Å². The minimum atomic E-state index is -4.36. The SMILES string of the molecule is C.CC(C)(C)OC(=O)N1CCc2onc(C(=O)NCCC(F)(F)F)c2C1.CC(C)(C)OC(=O)N1CCc2onc(C(=O)O)c2C1.NCCC(F)(F)F. The molecule has 0 radical (unpaired) electrons. The molecule has 0 saturated heterocycles. The number of nitrogens with two attached hydrogens (primary N) is 1. The van der Waals surface area contributed by atoms with Crippen LogP contribution in [0.3, 0.4) is 0 Å². The smallest absolute Gasteiger partial charge is 0.410 e. The molecule has 0 spiro atoms. The number of hydrogen-bond donors (Lipinski definition) is 3. The highest BCUT2D eigenvalue weighted by Gasteiger charge is 2.34. The van der Waals surface area contributed by atoms with Crippen molar-refractivity contribution < 1.29 is 69.1 Å². The lowest BCUT2D eigenvalue weighted by Crippen LogP contribution is -2.40. The van der Waals surface area contributed by atoms with Gasteiger partial charge in [-0.15, -0.1) is 0 Å². The van der Waals surface area contributed by atoms with E-state index in [2.05, 4.69) is 21.4 Å². The van der Waals surface area contributed by atoms with Gasteiger partial charge in [-0.05, 0) is 41.5 Å². The van der Waals surface area contributed by atoms with Crippen LogP contribution in [0.2, 0.25) is 0 Å². The molecule has 3 amide bonds. The van der Waals surface area contributed by atoms with Crippen LogP contribution in [0.15, 0.2) is 9.05 Å². The molecule has 52 heavy (non-hydrogen) atoms. The zero-order valence-corrected chi connectivity index (χ0v) is 28.9. The summed E-state index contributed by atoms with van der Waals surface area (Å²) in [6, 6.07) is 0. The summed E-state index contributed by atoms with van der Waals surface area (Å²) in [6.45, 7) is 10.6. The van der Waals surface area contributed by atoms with Crippen LogP contribution < -0.4 is 11.1 Å². The number of fused-ring (bicyclic) bond motifs is 2. The van der Waals surface area contributed by atoms with Gasteiger partial charge in [0, 0.05) is 50.1 Å². The first-order valence-electron chi connectivity index (χ1n) is 15.6. The maximum atomic E-state index is 12.2. The Morgan fingerprint density at radius 3 is 1.52 bits per heavy atom. The van der Waals surface area contributed by atoms with E-state index in [9.17, 15) is 45.5 Å². The second-order valence-corrected chi connectivity index (χ2v) is 13.2. The van der Waals surface area contributed by atoms with E-state index >= 15 is 0 Å². The Labute approximate surface area is 296 Å². The van der Waals surface area contributed by atoms with Gasteiger partial charge in [0.25, 0.3) is 5.91 Å².